The van der Waals surface area contributed by atoms with Crippen molar-refractivity contribution < 1.29 is 22.7 Å². The minimum absolute atomic E-state index is 0.0421. The fourth-order valence-corrected chi connectivity index (χ4v) is 4.46. The Morgan fingerprint density at radius 1 is 0.848 bits per heavy atom. The molecule has 0 heterocycles. The molecule has 0 aromatic heterocycles. The van der Waals surface area contributed by atoms with Gasteiger partial charge in [-0.1, -0.05) is 38.1 Å². The number of sulfonamides is 1. The topological polar surface area (TPSA) is 93.7 Å². The van der Waals surface area contributed by atoms with E-state index in [0.29, 0.717) is 17.0 Å². The highest BCUT2D eigenvalue weighted by Crippen LogP contribution is 2.27. The van der Waals surface area contributed by atoms with E-state index in [1.165, 1.54) is 31.4 Å². The molecule has 3 aromatic carbocycles. The number of hydrogen-bond acceptors (Lipinski definition) is 5. The van der Waals surface area contributed by atoms with Crippen molar-refractivity contribution in [1.82, 2.24) is 5.32 Å². The molecule has 0 saturated heterocycles. The molecule has 174 valence electrons. The van der Waals surface area contributed by atoms with E-state index in [2.05, 4.69) is 10.0 Å². The number of methoxy groups -OCH3 is 2. The van der Waals surface area contributed by atoms with Crippen LogP contribution in [0.2, 0.25) is 0 Å². The molecule has 7 nitrogen and oxygen atoms in total. The van der Waals surface area contributed by atoms with Gasteiger partial charge in [0.2, 0.25) is 0 Å². The molecule has 8 heteroatoms. The van der Waals surface area contributed by atoms with Crippen molar-refractivity contribution in [3.05, 3.63) is 83.9 Å². The van der Waals surface area contributed by atoms with Crippen LogP contribution in [0.4, 0.5) is 5.69 Å². The molecule has 0 saturated carbocycles. The molecular formula is C25H28N2O5S. The van der Waals surface area contributed by atoms with E-state index in [4.69, 9.17) is 9.47 Å². The van der Waals surface area contributed by atoms with Gasteiger partial charge < -0.3 is 14.8 Å². The smallest absolute Gasteiger partial charge is 0.262 e. The minimum Gasteiger partial charge on any atom is -0.497 e. The van der Waals surface area contributed by atoms with Crippen LogP contribution in [0, 0.1) is 5.92 Å². The molecule has 1 unspecified atom stereocenters. The second kappa shape index (κ2) is 10.4. The highest BCUT2D eigenvalue weighted by Gasteiger charge is 2.21. The van der Waals surface area contributed by atoms with Crippen LogP contribution >= 0.6 is 0 Å². The van der Waals surface area contributed by atoms with E-state index in [1.807, 2.05) is 38.1 Å². The van der Waals surface area contributed by atoms with Gasteiger partial charge in [-0.25, -0.2) is 8.42 Å². The maximum absolute atomic E-state index is 12.9. The van der Waals surface area contributed by atoms with Crippen LogP contribution in [0.5, 0.6) is 11.5 Å². The first-order valence-corrected chi connectivity index (χ1v) is 11.9. The van der Waals surface area contributed by atoms with Gasteiger partial charge in [0, 0.05) is 5.56 Å². The Morgan fingerprint density at radius 3 is 2.06 bits per heavy atom. The second-order valence-corrected chi connectivity index (χ2v) is 9.48. The predicted octanol–water partition coefficient (Wildman–Crippen LogP) is 4.63. The number of ether oxygens (including phenoxy) is 2. The molecule has 3 rings (SSSR count). The SMILES string of the molecule is COc1ccc(C(NC(=O)c2ccc(S(=O)(=O)Nc3ccccc3OC)cc2)C(C)C)cc1. The first-order valence-electron chi connectivity index (χ1n) is 10.5. The van der Waals surface area contributed by atoms with Crippen molar-refractivity contribution in [3.8, 4) is 11.5 Å². The van der Waals surface area contributed by atoms with Crippen molar-refractivity contribution >= 4 is 21.6 Å². The normalized spacial score (nSPS) is 12.2. The van der Waals surface area contributed by atoms with E-state index >= 15 is 0 Å². The van der Waals surface area contributed by atoms with Crippen molar-refractivity contribution in [1.29, 1.82) is 0 Å². The molecular weight excluding hydrogens is 440 g/mol. The summed E-state index contributed by atoms with van der Waals surface area (Å²) in [5.41, 5.74) is 1.66. The number of benzene rings is 3. The van der Waals surface area contributed by atoms with E-state index in [1.54, 1.807) is 31.4 Å². The molecule has 0 spiro atoms. The van der Waals surface area contributed by atoms with Gasteiger partial charge in [-0.15, -0.1) is 0 Å². The zero-order valence-corrected chi connectivity index (χ0v) is 19.8. The molecule has 3 aromatic rings. The van der Waals surface area contributed by atoms with E-state index < -0.39 is 10.0 Å². The number of rotatable bonds is 9. The Morgan fingerprint density at radius 2 is 1.48 bits per heavy atom. The second-order valence-electron chi connectivity index (χ2n) is 7.80. The minimum atomic E-state index is -3.85. The first-order chi connectivity index (χ1) is 15.7. The molecule has 1 amide bonds. The lowest BCUT2D eigenvalue weighted by Crippen LogP contribution is -2.31. The fraction of sp³-hybridized carbons (Fsp3) is 0.240. The average Bonchev–Trinajstić information content (AvgIpc) is 2.82. The number of nitrogens with one attached hydrogen (secondary N) is 2. The summed E-state index contributed by atoms with van der Waals surface area (Å²) in [6, 6.07) is 19.9. The lowest BCUT2D eigenvalue weighted by atomic mass is 9.95. The summed E-state index contributed by atoms with van der Waals surface area (Å²) in [6.07, 6.45) is 0. The lowest BCUT2D eigenvalue weighted by Gasteiger charge is -2.23. The van der Waals surface area contributed by atoms with Gasteiger partial charge in [-0.3, -0.25) is 9.52 Å². The van der Waals surface area contributed by atoms with Crippen molar-refractivity contribution in [2.45, 2.75) is 24.8 Å². The maximum Gasteiger partial charge on any atom is 0.262 e. The fourth-order valence-electron chi connectivity index (χ4n) is 3.39. The predicted molar refractivity (Wildman–Crippen MR) is 128 cm³/mol. The third-order valence-electron chi connectivity index (χ3n) is 5.21. The van der Waals surface area contributed by atoms with Gasteiger partial charge >= 0.3 is 0 Å². The van der Waals surface area contributed by atoms with E-state index in [9.17, 15) is 13.2 Å². The maximum atomic E-state index is 12.9. The quantitative estimate of drug-likeness (QED) is 0.478. The summed E-state index contributed by atoms with van der Waals surface area (Å²) >= 11 is 0. The van der Waals surface area contributed by atoms with Crippen LogP contribution in [0.1, 0.15) is 35.8 Å². The molecule has 0 bridgehead atoms. The first kappa shape index (κ1) is 24.1. The van der Waals surface area contributed by atoms with E-state index in [0.717, 1.165) is 11.3 Å². The molecule has 0 radical (unpaired) electrons. The number of amides is 1. The zero-order chi connectivity index (χ0) is 24.0. The van der Waals surface area contributed by atoms with Crippen LogP contribution in [0.3, 0.4) is 0 Å². The van der Waals surface area contributed by atoms with Crippen molar-refractivity contribution in [2.24, 2.45) is 5.92 Å². The summed E-state index contributed by atoms with van der Waals surface area (Å²) in [5, 5.41) is 3.04. The Labute approximate surface area is 194 Å². The van der Waals surface area contributed by atoms with Crippen LogP contribution in [0.15, 0.2) is 77.7 Å². The third-order valence-corrected chi connectivity index (χ3v) is 6.59. The highest BCUT2D eigenvalue weighted by atomic mass is 32.2. The summed E-state index contributed by atoms with van der Waals surface area (Å²) in [6.45, 7) is 4.04. The molecule has 0 aliphatic rings. The summed E-state index contributed by atoms with van der Waals surface area (Å²) in [4.78, 5) is 12.9. The largest absolute Gasteiger partial charge is 0.497 e. The van der Waals surface area contributed by atoms with Gasteiger partial charge in [-0.05, 0) is 60.0 Å². The van der Waals surface area contributed by atoms with Crippen LogP contribution in [-0.4, -0.2) is 28.5 Å². The summed E-state index contributed by atoms with van der Waals surface area (Å²) in [5.74, 6) is 1.01. The van der Waals surface area contributed by atoms with Gasteiger partial charge in [0.1, 0.15) is 11.5 Å². The molecule has 33 heavy (non-hydrogen) atoms. The van der Waals surface area contributed by atoms with Crippen molar-refractivity contribution in [2.75, 3.05) is 18.9 Å². The Kier molecular flexibility index (Phi) is 7.60. The standard InChI is InChI=1S/C25H28N2O5S/c1-17(2)24(18-9-13-20(31-3)14-10-18)26-25(28)19-11-15-21(16-12-19)33(29,30)27-22-7-5-6-8-23(22)32-4/h5-17,24,27H,1-4H3,(H,26,28). The van der Waals surface area contributed by atoms with Crippen LogP contribution in [0.25, 0.3) is 0 Å². The Bertz CT molecular complexity index is 1190. The lowest BCUT2D eigenvalue weighted by molar-refractivity contribution is 0.0925. The molecule has 0 fully saturated rings. The number of anilines is 1. The molecule has 0 aliphatic heterocycles. The highest BCUT2D eigenvalue weighted by molar-refractivity contribution is 7.92. The van der Waals surface area contributed by atoms with E-state index in [-0.39, 0.29) is 22.8 Å². The molecule has 2 N–H and O–H groups in total. The Balaban J connectivity index is 1.75. The molecule has 0 aliphatic carbocycles. The van der Waals surface area contributed by atoms with Gasteiger partial charge in [0.15, 0.2) is 0 Å². The average molecular weight is 469 g/mol. The van der Waals surface area contributed by atoms with Gasteiger partial charge in [0.25, 0.3) is 15.9 Å². The Hall–Kier alpha value is -3.52. The zero-order valence-electron chi connectivity index (χ0n) is 19.0. The number of carbonyl (C=O) groups excluding carboxylic acids is 1. The monoisotopic (exact) mass is 468 g/mol. The summed E-state index contributed by atoms with van der Waals surface area (Å²) < 4.78 is 38.5. The number of para-hydroxylation sites is 2. The number of carbonyl (C=O) groups is 1. The third kappa shape index (κ3) is 5.84. The molecule has 1 atom stereocenters. The van der Waals surface area contributed by atoms with Crippen molar-refractivity contribution in [3.63, 3.8) is 0 Å². The van der Waals surface area contributed by atoms with Gasteiger partial charge in [0.05, 0.1) is 30.8 Å². The van der Waals surface area contributed by atoms with Crippen LogP contribution < -0.4 is 19.5 Å². The summed E-state index contributed by atoms with van der Waals surface area (Å²) in [7, 11) is -0.775. The number of hydrogen-bond donors (Lipinski definition) is 2. The van der Waals surface area contributed by atoms with Crippen LogP contribution in [-0.2, 0) is 10.0 Å². The van der Waals surface area contributed by atoms with Gasteiger partial charge in [-0.2, -0.15) is 0 Å².